The Morgan fingerprint density at radius 2 is 1.25 bits per heavy atom. The zero-order valence-electron chi connectivity index (χ0n) is 17.7. The number of piperidine rings is 1. The molecule has 4 nitrogen and oxygen atoms in total. The lowest BCUT2D eigenvalue weighted by Crippen LogP contribution is -3.13. The van der Waals surface area contributed by atoms with Gasteiger partial charge in [-0.2, -0.15) is 13.2 Å². The number of unbranched alkanes of at least 4 members (excludes halogenated alkanes) is 9. The number of hydrogen-bond acceptors (Lipinski definition) is 3. The number of likely N-dealkylation sites (tertiary alicyclic amines) is 1. The van der Waals surface area contributed by atoms with Crippen LogP contribution in [0, 0.1) is 5.92 Å². The number of alkyl halides is 3. The molecule has 1 N–H and O–H groups in total. The molecule has 0 atom stereocenters. The second kappa shape index (κ2) is 15.5. The minimum absolute atomic E-state index is 1.05. The molecule has 0 amide bonds. The van der Waals surface area contributed by atoms with E-state index >= 15 is 0 Å². The average molecular weight is 432 g/mol. The predicted molar refractivity (Wildman–Crippen MR) is 106 cm³/mol. The maximum atomic E-state index is 10.7. The SMILES string of the molecule is CCCCCCCCCCCC[NH+]1CCC(CC)CC1.O=S(=O)([O-])C(F)(F)F. The molecule has 1 saturated heterocycles. The third-order valence-corrected chi connectivity index (χ3v) is 6.12. The Hall–Kier alpha value is -0.340. The van der Waals surface area contributed by atoms with E-state index in [1.54, 1.807) is 0 Å². The molecule has 1 heterocycles. The van der Waals surface area contributed by atoms with Gasteiger partial charge in [-0.15, -0.1) is 0 Å². The highest BCUT2D eigenvalue weighted by atomic mass is 32.2. The monoisotopic (exact) mass is 431 g/mol. The lowest BCUT2D eigenvalue weighted by Gasteiger charge is -2.28. The smallest absolute Gasteiger partial charge is 0.485 e. The molecule has 0 aliphatic carbocycles. The van der Waals surface area contributed by atoms with E-state index in [4.69, 9.17) is 13.0 Å². The van der Waals surface area contributed by atoms with Gasteiger partial charge in [0.1, 0.15) is 0 Å². The lowest BCUT2D eigenvalue weighted by molar-refractivity contribution is -0.906. The van der Waals surface area contributed by atoms with Crippen molar-refractivity contribution >= 4 is 10.1 Å². The number of hydrogen-bond donors (Lipinski definition) is 1. The van der Waals surface area contributed by atoms with Gasteiger partial charge in [-0.25, -0.2) is 8.42 Å². The molecule has 0 bridgehead atoms. The van der Waals surface area contributed by atoms with Gasteiger partial charge in [0.25, 0.3) is 0 Å². The molecule has 8 heteroatoms. The standard InChI is InChI=1S/C19H39N.CHF3O3S/c1-3-5-6-7-8-9-10-11-12-13-16-20-17-14-19(4-2)15-18-20;2-1(3,4)8(5,6)7/h19H,3-18H2,1-2H3;(H,5,6,7). The quantitative estimate of drug-likeness (QED) is 0.278. The first kappa shape index (κ1) is 27.7. The summed E-state index contributed by atoms with van der Waals surface area (Å²) in [6.07, 6.45) is 19.0. The normalized spacial score (nSPS) is 20.5. The maximum absolute atomic E-state index is 10.7. The molecule has 0 aromatic carbocycles. The van der Waals surface area contributed by atoms with Gasteiger partial charge < -0.3 is 9.45 Å². The number of nitrogens with one attached hydrogen (secondary N) is 1. The van der Waals surface area contributed by atoms with Crippen LogP contribution in [0.25, 0.3) is 0 Å². The van der Waals surface area contributed by atoms with Crippen molar-refractivity contribution in [2.75, 3.05) is 19.6 Å². The Kier molecular flexibility index (Phi) is 15.3. The molecule has 170 valence electrons. The van der Waals surface area contributed by atoms with E-state index in [0.29, 0.717) is 0 Å². The molecule has 1 rings (SSSR count). The van der Waals surface area contributed by atoms with Crippen molar-refractivity contribution in [1.29, 1.82) is 0 Å². The van der Waals surface area contributed by atoms with Crippen LogP contribution in [-0.2, 0) is 10.1 Å². The first-order valence-electron chi connectivity index (χ1n) is 11.0. The van der Waals surface area contributed by atoms with Crippen LogP contribution in [-0.4, -0.2) is 38.1 Å². The van der Waals surface area contributed by atoms with E-state index in [2.05, 4.69) is 13.8 Å². The van der Waals surface area contributed by atoms with Crippen LogP contribution in [0.5, 0.6) is 0 Å². The van der Waals surface area contributed by atoms with E-state index in [1.165, 1.54) is 103 Å². The van der Waals surface area contributed by atoms with Crippen LogP contribution in [0.1, 0.15) is 97.3 Å². The molecule has 1 fully saturated rings. The fourth-order valence-corrected chi connectivity index (χ4v) is 3.61. The summed E-state index contributed by atoms with van der Waals surface area (Å²) >= 11 is 0. The van der Waals surface area contributed by atoms with Gasteiger partial charge in [-0.05, 0) is 31.6 Å². The largest absolute Gasteiger partial charge is 0.741 e. The highest BCUT2D eigenvalue weighted by Crippen LogP contribution is 2.20. The van der Waals surface area contributed by atoms with Gasteiger partial charge in [0, 0.05) is 0 Å². The predicted octanol–water partition coefficient (Wildman–Crippen LogP) is 4.66. The van der Waals surface area contributed by atoms with E-state index in [9.17, 15) is 13.2 Å². The van der Waals surface area contributed by atoms with Crippen LogP contribution in [0.15, 0.2) is 0 Å². The van der Waals surface area contributed by atoms with Gasteiger partial charge in [0.2, 0.25) is 0 Å². The summed E-state index contributed by atoms with van der Waals surface area (Å²) in [7, 11) is -6.09. The van der Waals surface area contributed by atoms with Crippen LogP contribution >= 0.6 is 0 Å². The average Bonchev–Trinajstić information content (AvgIpc) is 2.62. The van der Waals surface area contributed by atoms with Crippen LogP contribution in [0.4, 0.5) is 13.2 Å². The van der Waals surface area contributed by atoms with Gasteiger partial charge in [-0.3, -0.25) is 0 Å². The fourth-order valence-electron chi connectivity index (χ4n) is 3.61. The molecule has 0 unspecified atom stereocenters. The molecule has 1 aliphatic rings. The van der Waals surface area contributed by atoms with Gasteiger partial charge in [0.15, 0.2) is 10.1 Å². The van der Waals surface area contributed by atoms with Crippen LogP contribution in [0.2, 0.25) is 0 Å². The minimum Gasteiger partial charge on any atom is -0.741 e. The zero-order chi connectivity index (χ0) is 21.5. The zero-order valence-corrected chi connectivity index (χ0v) is 18.5. The molecule has 0 aromatic rings. The second-order valence-corrected chi connectivity index (χ2v) is 9.30. The van der Waals surface area contributed by atoms with Crippen LogP contribution in [0.3, 0.4) is 0 Å². The Labute approximate surface area is 170 Å². The van der Waals surface area contributed by atoms with Gasteiger partial charge >= 0.3 is 5.51 Å². The minimum atomic E-state index is -6.09. The van der Waals surface area contributed by atoms with E-state index in [-0.39, 0.29) is 0 Å². The van der Waals surface area contributed by atoms with Crippen molar-refractivity contribution in [2.45, 2.75) is 103 Å². The highest BCUT2D eigenvalue weighted by Gasteiger charge is 2.36. The number of quaternary nitrogens is 1. The van der Waals surface area contributed by atoms with Crippen molar-refractivity contribution < 1.29 is 31.0 Å². The third-order valence-electron chi connectivity index (χ3n) is 5.56. The second-order valence-electron chi connectivity index (χ2n) is 7.93. The molecule has 0 spiro atoms. The summed E-state index contributed by atoms with van der Waals surface area (Å²) in [5.41, 5.74) is -5.65. The first-order valence-corrected chi connectivity index (χ1v) is 12.4. The fraction of sp³-hybridized carbons (Fsp3) is 1.00. The summed E-state index contributed by atoms with van der Waals surface area (Å²) in [5.74, 6) is 1.05. The van der Waals surface area contributed by atoms with Crippen molar-refractivity contribution in [1.82, 2.24) is 0 Å². The Morgan fingerprint density at radius 3 is 1.61 bits per heavy atom. The molecule has 28 heavy (non-hydrogen) atoms. The summed E-state index contributed by atoms with van der Waals surface area (Å²) in [4.78, 5) is 1.90. The molecule has 0 saturated carbocycles. The summed E-state index contributed by atoms with van der Waals surface area (Å²) in [6.45, 7) is 9.02. The van der Waals surface area contributed by atoms with Crippen molar-refractivity contribution in [3.05, 3.63) is 0 Å². The van der Waals surface area contributed by atoms with Crippen molar-refractivity contribution in [2.24, 2.45) is 5.92 Å². The summed E-state index contributed by atoms with van der Waals surface area (Å²) < 4.78 is 58.9. The highest BCUT2D eigenvalue weighted by molar-refractivity contribution is 7.86. The number of rotatable bonds is 12. The molecular weight excluding hydrogens is 391 g/mol. The Bertz CT molecular complexity index is 462. The molecule has 1 aliphatic heterocycles. The lowest BCUT2D eigenvalue weighted by atomic mass is 9.94. The van der Waals surface area contributed by atoms with E-state index < -0.39 is 15.6 Å². The van der Waals surface area contributed by atoms with Gasteiger partial charge in [0.05, 0.1) is 19.6 Å². The molecule has 0 aromatic heterocycles. The van der Waals surface area contributed by atoms with Crippen molar-refractivity contribution in [3.63, 3.8) is 0 Å². The van der Waals surface area contributed by atoms with Crippen LogP contribution < -0.4 is 4.90 Å². The first-order chi connectivity index (χ1) is 13.1. The molecule has 0 radical (unpaired) electrons. The Balaban J connectivity index is 0.000000769. The van der Waals surface area contributed by atoms with E-state index in [1.807, 2.05) is 4.90 Å². The molecular formula is C20H40F3NO3S. The van der Waals surface area contributed by atoms with E-state index in [0.717, 1.165) is 5.92 Å². The summed E-state index contributed by atoms with van der Waals surface area (Å²) in [5, 5.41) is 0. The third kappa shape index (κ3) is 14.6. The Morgan fingerprint density at radius 1 is 0.857 bits per heavy atom. The number of halogens is 3. The van der Waals surface area contributed by atoms with Crippen molar-refractivity contribution in [3.8, 4) is 0 Å². The topological polar surface area (TPSA) is 61.6 Å². The maximum Gasteiger partial charge on any atom is 0.485 e. The van der Waals surface area contributed by atoms with Gasteiger partial charge in [-0.1, -0.05) is 71.6 Å². The summed E-state index contributed by atoms with van der Waals surface area (Å²) in [6, 6.07) is 0.